The number of rotatable bonds is 5. The van der Waals surface area contributed by atoms with Crippen LogP contribution in [0.3, 0.4) is 0 Å². The van der Waals surface area contributed by atoms with E-state index in [-0.39, 0.29) is 18.6 Å². The molecular formula is C18H19NO5. The molecule has 0 aliphatic carbocycles. The third kappa shape index (κ3) is 4.16. The van der Waals surface area contributed by atoms with Crippen molar-refractivity contribution >= 4 is 5.91 Å². The molecule has 1 aromatic heterocycles. The molecule has 3 rings (SSSR count). The van der Waals surface area contributed by atoms with Crippen LogP contribution < -0.4 is 15.1 Å². The fourth-order valence-electron chi connectivity index (χ4n) is 2.64. The maximum Gasteiger partial charge on any atom is 0.339 e. The average molecular weight is 329 g/mol. The number of aryl methyl sites for hydroxylation is 1. The molecule has 2 aromatic rings. The molecule has 0 spiro atoms. The zero-order valence-corrected chi connectivity index (χ0v) is 13.4. The number of para-hydroxylation sites is 1. The Hall–Kier alpha value is -2.76. The Morgan fingerprint density at radius 1 is 1.25 bits per heavy atom. The lowest BCUT2D eigenvalue weighted by atomic mass is 10.3. The fraction of sp³-hybridized carbons (Fsp3) is 0.333. The monoisotopic (exact) mass is 329 g/mol. The van der Waals surface area contributed by atoms with Crippen LogP contribution in [0.4, 0.5) is 0 Å². The van der Waals surface area contributed by atoms with Crippen LogP contribution >= 0.6 is 0 Å². The SMILES string of the molecule is Cc1cc(OC2CCN(C(=O)COc3ccccc3)C2)cc(=O)o1. The third-order valence-corrected chi connectivity index (χ3v) is 3.77. The molecular weight excluding hydrogens is 310 g/mol. The van der Waals surface area contributed by atoms with Gasteiger partial charge in [-0.1, -0.05) is 18.2 Å². The molecule has 1 aliphatic rings. The van der Waals surface area contributed by atoms with Gasteiger partial charge in [-0.2, -0.15) is 0 Å². The second kappa shape index (κ2) is 7.21. The minimum Gasteiger partial charge on any atom is -0.488 e. The molecule has 1 unspecified atom stereocenters. The van der Waals surface area contributed by atoms with E-state index in [1.807, 2.05) is 30.3 Å². The highest BCUT2D eigenvalue weighted by Gasteiger charge is 2.28. The van der Waals surface area contributed by atoms with Gasteiger partial charge in [0.25, 0.3) is 5.91 Å². The van der Waals surface area contributed by atoms with E-state index in [1.165, 1.54) is 6.07 Å². The Kier molecular flexibility index (Phi) is 4.84. The predicted molar refractivity (Wildman–Crippen MR) is 87.3 cm³/mol. The Morgan fingerprint density at radius 2 is 2.04 bits per heavy atom. The molecule has 1 fully saturated rings. The fourth-order valence-corrected chi connectivity index (χ4v) is 2.64. The van der Waals surface area contributed by atoms with Crippen LogP contribution in [0.1, 0.15) is 12.2 Å². The van der Waals surface area contributed by atoms with Crippen LogP contribution in [-0.4, -0.2) is 36.6 Å². The van der Waals surface area contributed by atoms with Crippen molar-refractivity contribution in [2.45, 2.75) is 19.4 Å². The van der Waals surface area contributed by atoms with Crippen molar-refractivity contribution in [2.24, 2.45) is 0 Å². The number of benzene rings is 1. The van der Waals surface area contributed by atoms with E-state index < -0.39 is 5.63 Å². The highest BCUT2D eigenvalue weighted by molar-refractivity contribution is 5.78. The van der Waals surface area contributed by atoms with Crippen molar-refractivity contribution in [1.82, 2.24) is 4.90 Å². The minimum absolute atomic E-state index is 0.00473. The van der Waals surface area contributed by atoms with E-state index in [9.17, 15) is 9.59 Å². The summed E-state index contributed by atoms with van der Waals surface area (Å²) in [5.74, 6) is 1.57. The second-order valence-corrected chi connectivity index (χ2v) is 5.69. The number of amides is 1. The molecule has 1 aromatic carbocycles. The first-order valence-electron chi connectivity index (χ1n) is 7.84. The first-order chi connectivity index (χ1) is 11.6. The lowest BCUT2D eigenvalue weighted by Crippen LogP contribution is -2.34. The van der Waals surface area contributed by atoms with Crippen molar-refractivity contribution in [3.8, 4) is 11.5 Å². The Balaban J connectivity index is 1.51. The molecule has 2 heterocycles. The van der Waals surface area contributed by atoms with E-state index in [2.05, 4.69) is 0 Å². The number of likely N-dealkylation sites (tertiary alicyclic amines) is 1. The molecule has 1 saturated heterocycles. The van der Waals surface area contributed by atoms with Gasteiger partial charge in [0.15, 0.2) is 6.61 Å². The molecule has 1 aliphatic heterocycles. The number of carbonyl (C=O) groups excluding carboxylic acids is 1. The lowest BCUT2D eigenvalue weighted by Gasteiger charge is -2.17. The van der Waals surface area contributed by atoms with Crippen LogP contribution in [-0.2, 0) is 4.79 Å². The van der Waals surface area contributed by atoms with E-state index in [4.69, 9.17) is 13.9 Å². The summed E-state index contributed by atoms with van der Waals surface area (Å²) in [6.07, 6.45) is 0.586. The molecule has 126 valence electrons. The summed E-state index contributed by atoms with van der Waals surface area (Å²) >= 11 is 0. The van der Waals surface area contributed by atoms with Gasteiger partial charge in [0.2, 0.25) is 0 Å². The van der Waals surface area contributed by atoms with Gasteiger partial charge in [-0.25, -0.2) is 4.79 Å². The van der Waals surface area contributed by atoms with Gasteiger partial charge in [0.1, 0.15) is 23.4 Å². The van der Waals surface area contributed by atoms with E-state index in [0.29, 0.717) is 30.3 Å². The van der Waals surface area contributed by atoms with Crippen molar-refractivity contribution in [2.75, 3.05) is 19.7 Å². The molecule has 0 radical (unpaired) electrons. The van der Waals surface area contributed by atoms with Crippen LogP contribution in [0, 0.1) is 6.92 Å². The van der Waals surface area contributed by atoms with Crippen LogP contribution in [0.15, 0.2) is 51.7 Å². The standard InChI is InChI=1S/C18H19NO5/c1-13-9-16(10-18(21)23-13)24-15-7-8-19(11-15)17(20)12-22-14-5-3-2-4-6-14/h2-6,9-10,15H,7-8,11-12H2,1H3. The van der Waals surface area contributed by atoms with Crippen molar-refractivity contribution in [1.29, 1.82) is 0 Å². The maximum atomic E-state index is 12.2. The smallest absolute Gasteiger partial charge is 0.339 e. The van der Waals surface area contributed by atoms with Gasteiger partial charge in [-0.3, -0.25) is 4.79 Å². The van der Waals surface area contributed by atoms with Gasteiger partial charge in [0, 0.05) is 19.0 Å². The zero-order valence-electron chi connectivity index (χ0n) is 13.4. The molecule has 0 N–H and O–H groups in total. The van der Waals surface area contributed by atoms with Crippen LogP contribution in [0.25, 0.3) is 0 Å². The van der Waals surface area contributed by atoms with E-state index in [1.54, 1.807) is 17.9 Å². The summed E-state index contributed by atoms with van der Waals surface area (Å²) in [6, 6.07) is 12.2. The Bertz CT molecular complexity index is 756. The zero-order chi connectivity index (χ0) is 16.9. The molecule has 6 heteroatoms. The van der Waals surface area contributed by atoms with Gasteiger partial charge >= 0.3 is 5.63 Å². The van der Waals surface area contributed by atoms with E-state index in [0.717, 1.165) is 6.42 Å². The van der Waals surface area contributed by atoms with Gasteiger partial charge in [-0.05, 0) is 19.1 Å². The number of nitrogens with zero attached hydrogens (tertiary/aromatic N) is 1. The summed E-state index contributed by atoms with van der Waals surface area (Å²) in [5, 5.41) is 0. The van der Waals surface area contributed by atoms with Crippen LogP contribution in [0.2, 0.25) is 0 Å². The molecule has 6 nitrogen and oxygen atoms in total. The number of ether oxygens (including phenoxy) is 2. The summed E-state index contributed by atoms with van der Waals surface area (Å²) in [6.45, 7) is 2.79. The van der Waals surface area contributed by atoms with Crippen molar-refractivity contribution in [3.05, 3.63) is 58.6 Å². The second-order valence-electron chi connectivity index (χ2n) is 5.69. The summed E-state index contributed by atoms with van der Waals surface area (Å²) in [7, 11) is 0. The molecule has 1 amide bonds. The maximum absolute atomic E-state index is 12.2. The highest BCUT2D eigenvalue weighted by atomic mass is 16.5. The van der Waals surface area contributed by atoms with Crippen LogP contribution in [0.5, 0.6) is 11.5 Å². The van der Waals surface area contributed by atoms with Crippen molar-refractivity contribution in [3.63, 3.8) is 0 Å². The Labute approximate surface area is 139 Å². The molecule has 0 saturated carbocycles. The summed E-state index contributed by atoms with van der Waals surface area (Å²) < 4.78 is 16.2. The normalized spacial score (nSPS) is 16.9. The molecule has 0 bridgehead atoms. The third-order valence-electron chi connectivity index (χ3n) is 3.77. The summed E-state index contributed by atoms with van der Waals surface area (Å²) in [5.41, 5.74) is -0.438. The average Bonchev–Trinajstić information content (AvgIpc) is 3.01. The van der Waals surface area contributed by atoms with Gasteiger partial charge < -0.3 is 18.8 Å². The first kappa shape index (κ1) is 16.1. The van der Waals surface area contributed by atoms with E-state index >= 15 is 0 Å². The van der Waals surface area contributed by atoms with Gasteiger partial charge in [-0.15, -0.1) is 0 Å². The summed E-state index contributed by atoms with van der Waals surface area (Å²) in [4.78, 5) is 25.3. The minimum atomic E-state index is -0.438. The number of hydrogen-bond donors (Lipinski definition) is 0. The Morgan fingerprint density at radius 3 is 2.79 bits per heavy atom. The topological polar surface area (TPSA) is 69.0 Å². The highest BCUT2D eigenvalue weighted by Crippen LogP contribution is 2.18. The van der Waals surface area contributed by atoms with Gasteiger partial charge in [0.05, 0.1) is 12.6 Å². The number of hydrogen-bond acceptors (Lipinski definition) is 5. The predicted octanol–water partition coefficient (Wildman–Crippen LogP) is 2.01. The number of carbonyl (C=O) groups is 1. The first-order valence-corrected chi connectivity index (χ1v) is 7.84. The largest absolute Gasteiger partial charge is 0.488 e. The molecule has 24 heavy (non-hydrogen) atoms. The van der Waals surface area contributed by atoms with Crippen molar-refractivity contribution < 1.29 is 18.7 Å². The molecule has 1 atom stereocenters. The quantitative estimate of drug-likeness (QED) is 0.839. The lowest BCUT2D eigenvalue weighted by molar-refractivity contribution is -0.132.